The fraction of sp³-hybridized carbons (Fsp3) is 0.809. The summed E-state index contributed by atoms with van der Waals surface area (Å²) in [6.45, 7) is 4.80. The Morgan fingerprint density at radius 1 is 0.403 bits per heavy atom. The van der Waals surface area contributed by atoms with E-state index in [9.17, 15) is 19.5 Å². The second kappa shape index (κ2) is 59.1. The summed E-state index contributed by atoms with van der Waals surface area (Å²) in [5.74, 6) is -2.00. The summed E-state index contributed by atoms with van der Waals surface area (Å²) in [5, 5.41) is 9.73. The quantitative estimate of drug-likeness (QED) is 0.0211. The number of carboxylic acid groups (broad SMARTS) is 1. The zero-order valence-electron chi connectivity index (χ0n) is 51.1. The highest BCUT2D eigenvalue weighted by Gasteiger charge is 2.25. The minimum absolute atomic E-state index is 0.183. The van der Waals surface area contributed by atoms with Gasteiger partial charge in [-0.05, 0) is 77.0 Å². The molecule has 0 saturated heterocycles. The van der Waals surface area contributed by atoms with E-state index in [0.717, 1.165) is 70.6 Å². The Kier molecular flexibility index (Phi) is 56.8. The molecule has 9 nitrogen and oxygen atoms in total. The first-order chi connectivity index (χ1) is 37.6. The minimum Gasteiger partial charge on any atom is -0.477 e. The minimum atomic E-state index is -1.51. The molecule has 448 valence electrons. The van der Waals surface area contributed by atoms with Crippen molar-refractivity contribution in [2.45, 2.75) is 309 Å². The average molecular weight is 1080 g/mol. The number of nitrogens with zero attached hydrogens (tertiary/aromatic N) is 1. The van der Waals surface area contributed by atoms with Crippen molar-refractivity contribution in [3.8, 4) is 0 Å². The number of hydrogen-bond donors (Lipinski definition) is 1. The van der Waals surface area contributed by atoms with Crippen molar-refractivity contribution in [3.05, 3.63) is 60.8 Å². The summed E-state index contributed by atoms with van der Waals surface area (Å²) in [5.41, 5.74) is 0. The van der Waals surface area contributed by atoms with Crippen LogP contribution in [0.4, 0.5) is 0 Å². The fourth-order valence-electron chi connectivity index (χ4n) is 9.30. The third-order valence-electron chi connectivity index (χ3n) is 14.3. The lowest BCUT2D eigenvalue weighted by Gasteiger charge is -2.25. The predicted molar refractivity (Wildman–Crippen MR) is 327 cm³/mol. The van der Waals surface area contributed by atoms with Crippen LogP contribution in [0.5, 0.6) is 0 Å². The van der Waals surface area contributed by atoms with Crippen LogP contribution in [0.15, 0.2) is 60.8 Å². The van der Waals surface area contributed by atoms with E-state index in [-0.39, 0.29) is 32.2 Å². The number of ether oxygens (including phenoxy) is 4. The van der Waals surface area contributed by atoms with Gasteiger partial charge < -0.3 is 28.5 Å². The number of allylic oxidation sites excluding steroid dienone is 10. The largest absolute Gasteiger partial charge is 0.477 e. The molecule has 0 aliphatic heterocycles. The molecule has 0 bridgehead atoms. The van der Waals surface area contributed by atoms with Crippen molar-refractivity contribution >= 4 is 17.9 Å². The molecule has 2 atom stereocenters. The van der Waals surface area contributed by atoms with Crippen LogP contribution in [0.2, 0.25) is 0 Å². The van der Waals surface area contributed by atoms with Crippen molar-refractivity contribution < 1.29 is 42.9 Å². The lowest BCUT2D eigenvalue weighted by atomic mass is 10.0. The van der Waals surface area contributed by atoms with Crippen LogP contribution >= 0.6 is 0 Å². The molecule has 0 radical (unpaired) electrons. The Morgan fingerprint density at radius 2 is 0.740 bits per heavy atom. The summed E-state index contributed by atoms with van der Waals surface area (Å²) in [4.78, 5) is 37.5. The Hall–Kier alpha value is -3.01. The molecule has 1 N–H and O–H groups in total. The molecule has 0 aliphatic rings. The molecule has 0 fully saturated rings. The maximum absolute atomic E-state index is 12.9. The van der Waals surface area contributed by atoms with Crippen LogP contribution in [0.1, 0.15) is 296 Å². The Labute approximate surface area is 475 Å². The average Bonchev–Trinajstić information content (AvgIpc) is 3.40. The van der Waals surface area contributed by atoms with Gasteiger partial charge in [0, 0.05) is 12.8 Å². The number of carbonyl (C=O) groups is 3. The van der Waals surface area contributed by atoms with Gasteiger partial charge in [0.25, 0.3) is 6.29 Å². The van der Waals surface area contributed by atoms with Crippen molar-refractivity contribution in [3.63, 3.8) is 0 Å². The zero-order valence-corrected chi connectivity index (χ0v) is 51.1. The molecule has 0 heterocycles. The van der Waals surface area contributed by atoms with Gasteiger partial charge in [0.1, 0.15) is 13.2 Å². The topological polar surface area (TPSA) is 108 Å². The van der Waals surface area contributed by atoms with Crippen molar-refractivity contribution in [2.24, 2.45) is 0 Å². The van der Waals surface area contributed by atoms with Crippen LogP contribution in [-0.4, -0.2) is 87.4 Å². The number of likely N-dealkylation sites (N-methyl/N-ethyl adjacent to an activating group) is 1. The molecule has 0 aromatic carbocycles. The summed E-state index contributed by atoms with van der Waals surface area (Å²) >= 11 is 0. The molecular formula is C68H124NO8+. The maximum Gasteiger partial charge on any atom is 0.361 e. The molecule has 0 spiro atoms. The van der Waals surface area contributed by atoms with Crippen LogP contribution in [0.25, 0.3) is 0 Å². The standard InChI is InChI=1S/C68H123NO8/c1-6-8-10-12-14-16-18-20-22-24-26-28-30-31-32-33-34-35-37-38-40-42-44-46-48-50-52-54-56-58-65(70)75-62-64(63-76-68(67(72)73)74-61-60-69(3,4)5)77-66(71)59-57-55-53-51-49-47-45-43-41-39-36-29-27-25-23-21-19-17-15-13-11-9-7-2/h9,11,15,17,21,23-24,26-27,29,64,68H,6-8,10,12-14,16,18-20,22,25,28,30-63H2,1-5H3/p+1/b11-9-,17-15-,23-21-,26-24-,29-27-. The molecule has 9 heteroatoms. The molecule has 0 amide bonds. The first kappa shape index (κ1) is 74.0. The highest BCUT2D eigenvalue weighted by Crippen LogP contribution is 2.17. The van der Waals surface area contributed by atoms with Crippen molar-refractivity contribution in [2.75, 3.05) is 47.5 Å². The van der Waals surface area contributed by atoms with Gasteiger partial charge in [-0.15, -0.1) is 0 Å². The summed E-state index contributed by atoms with van der Waals surface area (Å²) in [6, 6.07) is 0. The number of unbranched alkanes of at least 4 members (excludes halogenated alkanes) is 35. The first-order valence-electron chi connectivity index (χ1n) is 32.5. The molecule has 0 aromatic heterocycles. The normalized spacial score (nSPS) is 13.1. The number of carbonyl (C=O) groups excluding carboxylic acids is 2. The number of quaternary nitrogens is 1. The molecule has 77 heavy (non-hydrogen) atoms. The molecule has 0 aromatic rings. The monoisotopic (exact) mass is 1080 g/mol. The van der Waals surface area contributed by atoms with Crippen molar-refractivity contribution in [1.82, 2.24) is 0 Å². The first-order valence-corrected chi connectivity index (χ1v) is 32.5. The van der Waals surface area contributed by atoms with Gasteiger partial charge in [-0.2, -0.15) is 0 Å². The Morgan fingerprint density at radius 3 is 1.12 bits per heavy atom. The summed E-state index contributed by atoms with van der Waals surface area (Å²) in [7, 11) is 5.98. The van der Waals surface area contributed by atoms with Crippen LogP contribution < -0.4 is 0 Å². The maximum atomic E-state index is 12.9. The fourth-order valence-corrected chi connectivity index (χ4v) is 9.30. The van der Waals surface area contributed by atoms with E-state index in [1.807, 2.05) is 21.1 Å². The van der Waals surface area contributed by atoms with E-state index in [4.69, 9.17) is 18.9 Å². The van der Waals surface area contributed by atoms with E-state index < -0.39 is 24.3 Å². The van der Waals surface area contributed by atoms with Crippen LogP contribution in [0.3, 0.4) is 0 Å². The Bertz CT molecular complexity index is 1450. The number of rotatable bonds is 60. The van der Waals surface area contributed by atoms with Gasteiger partial charge in [0.15, 0.2) is 6.10 Å². The van der Waals surface area contributed by atoms with Crippen LogP contribution in [-0.2, 0) is 33.3 Å². The molecule has 0 saturated carbocycles. The number of hydrogen-bond acceptors (Lipinski definition) is 7. The number of esters is 2. The van der Waals surface area contributed by atoms with Gasteiger partial charge in [0.2, 0.25) is 0 Å². The third-order valence-corrected chi connectivity index (χ3v) is 14.3. The van der Waals surface area contributed by atoms with E-state index in [1.165, 1.54) is 193 Å². The smallest absolute Gasteiger partial charge is 0.361 e. The van der Waals surface area contributed by atoms with E-state index >= 15 is 0 Å². The van der Waals surface area contributed by atoms with E-state index in [1.54, 1.807) is 0 Å². The SMILES string of the molecule is CC/C=C\C/C=C\C/C=C\C/C=C\CCCCCCCCCCCCC(=O)OC(COC(=O)CCCCCCCCCCCCCCCCCCC/C=C\CCCCCCCCCC)COC(OCC[N+](C)(C)C)C(=O)O. The summed E-state index contributed by atoms with van der Waals surface area (Å²) in [6.07, 6.45) is 73.2. The van der Waals surface area contributed by atoms with Gasteiger partial charge in [-0.3, -0.25) is 9.59 Å². The third kappa shape index (κ3) is 60.5. The van der Waals surface area contributed by atoms with Gasteiger partial charge in [0.05, 0.1) is 34.4 Å². The highest BCUT2D eigenvalue weighted by atomic mass is 16.7. The van der Waals surface area contributed by atoms with Gasteiger partial charge in [-0.1, -0.05) is 267 Å². The predicted octanol–water partition coefficient (Wildman–Crippen LogP) is 19.6. The van der Waals surface area contributed by atoms with Crippen molar-refractivity contribution in [1.29, 1.82) is 0 Å². The lowest BCUT2D eigenvalue weighted by molar-refractivity contribution is -0.870. The van der Waals surface area contributed by atoms with E-state index in [2.05, 4.69) is 74.6 Å². The summed E-state index contributed by atoms with van der Waals surface area (Å²) < 4.78 is 22.9. The molecule has 0 aliphatic carbocycles. The molecular weight excluding hydrogens is 959 g/mol. The zero-order chi connectivity index (χ0) is 56.2. The van der Waals surface area contributed by atoms with E-state index in [0.29, 0.717) is 23.9 Å². The number of carboxylic acids is 1. The van der Waals surface area contributed by atoms with Crippen LogP contribution in [0, 0.1) is 0 Å². The lowest BCUT2D eigenvalue weighted by Crippen LogP contribution is -2.40. The highest BCUT2D eigenvalue weighted by molar-refractivity contribution is 5.71. The van der Waals surface area contributed by atoms with Gasteiger partial charge >= 0.3 is 17.9 Å². The Balaban J connectivity index is 4.13. The molecule has 0 rings (SSSR count). The second-order valence-electron chi connectivity index (χ2n) is 23.0. The number of aliphatic carboxylic acids is 1. The van der Waals surface area contributed by atoms with Gasteiger partial charge in [-0.25, -0.2) is 4.79 Å². The molecule has 2 unspecified atom stereocenters. The second-order valence-corrected chi connectivity index (χ2v) is 23.0.